The van der Waals surface area contributed by atoms with Crippen molar-refractivity contribution in [1.29, 1.82) is 0 Å². The van der Waals surface area contributed by atoms with Gasteiger partial charge in [0.05, 0.1) is 0 Å². The highest BCUT2D eigenvalue weighted by Crippen LogP contribution is 2.35. The molecular formula is C17H19N. The lowest BCUT2D eigenvalue weighted by Crippen LogP contribution is -2.28. The average molecular weight is 237 g/mol. The van der Waals surface area contributed by atoms with E-state index in [0.29, 0.717) is 0 Å². The Balaban J connectivity index is 1.85. The molecule has 1 unspecified atom stereocenters. The second-order valence-corrected chi connectivity index (χ2v) is 5.74. The maximum atomic E-state index is 3.53. The van der Waals surface area contributed by atoms with Gasteiger partial charge in [0.2, 0.25) is 0 Å². The zero-order chi connectivity index (χ0) is 11.9. The van der Waals surface area contributed by atoms with Gasteiger partial charge in [-0.15, -0.1) is 0 Å². The molecule has 2 aromatic carbocycles. The zero-order valence-electron chi connectivity index (χ0n) is 10.7. The Bertz CT molecular complexity index is 594. The molecule has 1 atom stereocenters. The second-order valence-electron chi connectivity index (χ2n) is 5.74. The fraction of sp³-hybridized carbons (Fsp3) is 0.412. The Morgan fingerprint density at radius 3 is 2.89 bits per heavy atom. The van der Waals surface area contributed by atoms with Crippen molar-refractivity contribution in [3.05, 3.63) is 47.0 Å². The number of benzene rings is 2. The lowest BCUT2D eigenvalue weighted by Gasteiger charge is -2.24. The van der Waals surface area contributed by atoms with Crippen LogP contribution in [0.1, 0.15) is 35.4 Å². The Morgan fingerprint density at radius 2 is 2.00 bits per heavy atom. The standard InChI is InChI=1S/C17H19N/c1-3-12-6-7-14-10-16(9-13(4-1)17(12)14)15-5-2-8-18-11-15/h1,3-4,9-10,15,18H,2,5-8,11H2. The van der Waals surface area contributed by atoms with Crippen LogP contribution in [0.3, 0.4) is 0 Å². The van der Waals surface area contributed by atoms with Crippen LogP contribution in [-0.2, 0) is 12.8 Å². The third-order valence-corrected chi connectivity index (χ3v) is 4.60. The van der Waals surface area contributed by atoms with Gasteiger partial charge in [0.25, 0.3) is 0 Å². The van der Waals surface area contributed by atoms with E-state index >= 15 is 0 Å². The minimum absolute atomic E-state index is 0.726. The highest BCUT2D eigenvalue weighted by molar-refractivity contribution is 5.91. The first-order valence-electron chi connectivity index (χ1n) is 7.17. The summed E-state index contributed by atoms with van der Waals surface area (Å²) in [5.74, 6) is 0.726. The third kappa shape index (κ3) is 1.58. The summed E-state index contributed by atoms with van der Waals surface area (Å²) in [5.41, 5.74) is 4.70. The number of aryl methyl sites for hydroxylation is 2. The first kappa shape index (κ1) is 10.6. The molecule has 0 amide bonds. The Morgan fingerprint density at radius 1 is 1.06 bits per heavy atom. The van der Waals surface area contributed by atoms with Crippen molar-refractivity contribution in [3.63, 3.8) is 0 Å². The Kier molecular flexibility index (Phi) is 2.41. The number of hydrogen-bond donors (Lipinski definition) is 1. The highest BCUT2D eigenvalue weighted by atomic mass is 14.9. The molecule has 1 aliphatic heterocycles. The van der Waals surface area contributed by atoms with Crippen LogP contribution in [0, 0.1) is 0 Å². The molecule has 1 aliphatic carbocycles. The zero-order valence-corrected chi connectivity index (χ0v) is 10.7. The summed E-state index contributed by atoms with van der Waals surface area (Å²) < 4.78 is 0. The van der Waals surface area contributed by atoms with E-state index < -0.39 is 0 Å². The molecule has 1 fully saturated rings. The van der Waals surface area contributed by atoms with Gasteiger partial charge in [-0.2, -0.15) is 0 Å². The molecule has 1 saturated heterocycles. The molecule has 4 rings (SSSR count). The van der Waals surface area contributed by atoms with E-state index in [-0.39, 0.29) is 0 Å². The molecule has 0 aromatic heterocycles. The summed E-state index contributed by atoms with van der Waals surface area (Å²) in [7, 11) is 0. The van der Waals surface area contributed by atoms with Crippen molar-refractivity contribution in [2.75, 3.05) is 13.1 Å². The van der Waals surface area contributed by atoms with E-state index in [1.807, 2.05) is 0 Å². The summed E-state index contributed by atoms with van der Waals surface area (Å²) in [5, 5.41) is 6.54. The monoisotopic (exact) mass is 237 g/mol. The van der Waals surface area contributed by atoms with E-state index in [1.54, 1.807) is 22.1 Å². The molecule has 0 bridgehead atoms. The molecule has 1 N–H and O–H groups in total. The second kappa shape index (κ2) is 4.10. The molecule has 0 saturated carbocycles. The number of nitrogens with one attached hydrogen (secondary N) is 1. The van der Waals surface area contributed by atoms with Crippen molar-refractivity contribution in [1.82, 2.24) is 5.32 Å². The van der Waals surface area contributed by atoms with Gasteiger partial charge in [-0.1, -0.05) is 30.3 Å². The molecule has 0 radical (unpaired) electrons. The Hall–Kier alpha value is -1.34. The van der Waals surface area contributed by atoms with E-state index in [9.17, 15) is 0 Å². The number of rotatable bonds is 1. The van der Waals surface area contributed by atoms with Gasteiger partial charge in [0, 0.05) is 6.54 Å². The summed E-state index contributed by atoms with van der Waals surface area (Å²) in [4.78, 5) is 0. The van der Waals surface area contributed by atoms with Crippen molar-refractivity contribution in [2.24, 2.45) is 0 Å². The molecule has 0 spiro atoms. The van der Waals surface area contributed by atoms with Crippen LogP contribution in [0.5, 0.6) is 0 Å². The minimum Gasteiger partial charge on any atom is -0.316 e. The first-order valence-corrected chi connectivity index (χ1v) is 7.17. The average Bonchev–Trinajstić information content (AvgIpc) is 2.85. The molecule has 1 heterocycles. The SMILES string of the molecule is c1cc2c3c(cc(C4CCCNC4)cc3c1)CC2. The maximum absolute atomic E-state index is 3.53. The fourth-order valence-corrected chi connectivity index (χ4v) is 3.67. The minimum atomic E-state index is 0.726. The van der Waals surface area contributed by atoms with E-state index in [4.69, 9.17) is 0 Å². The molecule has 2 aromatic rings. The van der Waals surface area contributed by atoms with Gasteiger partial charge in [0.15, 0.2) is 0 Å². The summed E-state index contributed by atoms with van der Waals surface area (Å²) >= 11 is 0. The van der Waals surface area contributed by atoms with Crippen LogP contribution >= 0.6 is 0 Å². The van der Waals surface area contributed by atoms with Gasteiger partial charge in [0.1, 0.15) is 0 Å². The summed E-state index contributed by atoms with van der Waals surface area (Å²) in [6, 6.07) is 11.7. The van der Waals surface area contributed by atoms with Crippen LogP contribution in [0.15, 0.2) is 30.3 Å². The van der Waals surface area contributed by atoms with Gasteiger partial charge in [-0.05, 0) is 65.6 Å². The normalized spacial score (nSPS) is 22.6. The van der Waals surface area contributed by atoms with Crippen molar-refractivity contribution < 1.29 is 0 Å². The predicted octanol–water partition coefficient (Wildman–Crippen LogP) is 3.41. The van der Waals surface area contributed by atoms with Gasteiger partial charge in [-0.3, -0.25) is 0 Å². The van der Waals surface area contributed by atoms with E-state index in [1.165, 1.54) is 37.6 Å². The number of hydrogen-bond acceptors (Lipinski definition) is 1. The van der Waals surface area contributed by atoms with Gasteiger partial charge in [-0.25, -0.2) is 0 Å². The van der Waals surface area contributed by atoms with Crippen LogP contribution in [0.4, 0.5) is 0 Å². The highest BCUT2D eigenvalue weighted by Gasteiger charge is 2.19. The smallest absolute Gasteiger partial charge is 0.00201 e. The summed E-state index contributed by atoms with van der Waals surface area (Å²) in [6.45, 7) is 2.35. The predicted molar refractivity (Wildman–Crippen MR) is 76.2 cm³/mol. The first-order chi connectivity index (χ1) is 8.92. The maximum Gasteiger partial charge on any atom is 0.00201 e. The van der Waals surface area contributed by atoms with Crippen molar-refractivity contribution >= 4 is 10.8 Å². The lowest BCUT2D eigenvalue weighted by atomic mass is 9.89. The topological polar surface area (TPSA) is 12.0 Å². The molecule has 1 heteroatoms. The van der Waals surface area contributed by atoms with Crippen LogP contribution in [0.25, 0.3) is 10.8 Å². The van der Waals surface area contributed by atoms with Gasteiger partial charge < -0.3 is 5.32 Å². The molecule has 2 aliphatic rings. The van der Waals surface area contributed by atoms with Crippen molar-refractivity contribution in [3.8, 4) is 0 Å². The third-order valence-electron chi connectivity index (χ3n) is 4.60. The van der Waals surface area contributed by atoms with Crippen LogP contribution in [-0.4, -0.2) is 13.1 Å². The molecule has 92 valence electrons. The largest absolute Gasteiger partial charge is 0.316 e. The van der Waals surface area contributed by atoms with Crippen molar-refractivity contribution in [2.45, 2.75) is 31.6 Å². The van der Waals surface area contributed by atoms with Crippen LogP contribution < -0.4 is 5.32 Å². The van der Waals surface area contributed by atoms with Crippen LogP contribution in [0.2, 0.25) is 0 Å². The fourth-order valence-electron chi connectivity index (χ4n) is 3.67. The lowest BCUT2D eigenvalue weighted by molar-refractivity contribution is 0.462. The molecular weight excluding hydrogens is 218 g/mol. The van der Waals surface area contributed by atoms with E-state index in [0.717, 1.165) is 12.5 Å². The molecule has 18 heavy (non-hydrogen) atoms. The number of piperidine rings is 1. The quantitative estimate of drug-likeness (QED) is 0.801. The molecule has 1 nitrogen and oxygen atoms in total. The Labute approximate surface area is 108 Å². The van der Waals surface area contributed by atoms with Gasteiger partial charge >= 0.3 is 0 Å². The summed E-state index contributed by atoms with van der Waals surface area (Å²) in [6.07, 6.45) is 5.14. The van der Waals surface area contributed by atoms with E-state index in [2.05, 4.69) is 35.6 Å².